The summed E-state index contributed by atoms with van der Waals surface area (Å²) in [4.78, 5) is 48.7. The molecule has 0 bridgehead atoms. The first-order valence-corrected chi connectivity index (χ1v) is 19.2. The summed E-state index contributed by atoms with van der Waals surface area (Å²) in [6, 6.07) is 18.0. The van der Waals surface area contributed by atoms with Crippen LogP contribution in [0.25, 0.3) is 10.8 Å². The SMILES string of the molecule is CC1(S(=O)(=O)NC(=O)[C@@]23C[C@H]2C=CCCCCC[C@H](NCc2ccccc2)C(=O)N2C[C@H](Oc4nccc5ccccc45)C[C@H]2C(=O)N3)CC1. The normalized spacial score (nSPS) is 28.1. The van der Waals surface area contributed by atoms with Gasteiger partial charge in [-0.15, -0.1) is 0 Å². The summed E-state index contributed by atoms with van der Waals surface area (Å²) in [5.41, 5.74) is -0.384. The van der Waals surface area contributed by atoms with Crippen LogP contribution in [0, 0.1) is 5.92 Å². The molecular weight excluding hydrogens is 655 g/mol. The fraction of sp³-hybridized carbons (Fsp3) is 0.474. The highest BCUT2D eigenvalue weighted by molar-refractivity contribution is 7.91. The number of sulfonamides is 1. The second kappa shape index (κ2) is 13.8. The molecular formula is C38H45N5O6S. The number of carbonyl (C=O) groups is 3. The van der Waals surface area contributed by atoms with E-state index in [1.54, 1.807) is 18.0 Å². The van der Waals surface area contributed by atoms with E-state index in [1.165, 1.54) is 0 Å². The van der Waals surface area contributed by atoms with E-state index in [4.69, 9.17) is 4.74 Å². The van der Waals surface area contributed by atoms with E-state index in [0.29, 0.717) is 31.7 Å². The Labute approximate surface area is 293 Å². The third kappa shape index (κ3) is 7.00. The van der Waals surface area contributed by atoms with Gasteiger partial charge in [0.25, 0.3) is 5.91 Å². The van der Waals surface area contributed by atoms with Gasteiger partial charge in [-0.25, -0.2) is 13.4 Å². The predicted molar refractivity (Wildman–Crippen MR) is 189 cm³/mol. The van der Waals surface area contributed by atoms with Crippen LogP contribution in [-0.2, 0) is 31.0 Å². The minimum Gasteiger partial charge on any atom is -0.472 e. The summed E-state index contributed by atoms with van der Waals surface area (Å²) in [6.07, 6.45) is 10.5. The topological polar surface area (TPSA) is 147 Å². The number of nitrogens with one attached hydrogen (secondary N) is 3. The van der Waals surface area contributed by atoms with E-state index >= 15 is 0 Å². The van der Waals surface area contributed by atoms with Gasteiger partial charge in [0.1, 0.15) is 17.7 Å². The smallest absolute Gasteiger partial charge is 0.259 e. The van der Waals surface area contributed by atoms with Gasteiger partial charge < -0.3 is 20.3 Å². The molecule has 7 rings (SSSR count). The van der Waals surface area contributed by atoms with E-state index in [1.807, 2.05) is 72.8 Å². The monoisotopic (exact) mass is 699 g/mol. The molecule has 3 heterocycles. The van der Waals surface area contributed by atoms with Crippen LogP contribution in [0.5, 0.6) is 5.88 Å². The standard InChI is InChI=1S/C38H45N5O6S/c1-37(19-20-37)50(47,48)42-36(46)38-23-28(38)15-8-3-2-4-9-17-31(40-24-26-12-6-5-7-13-26)35(45)43-25-29(22-32(43)33(44)41-38)49-34-30-16-11-10-14-27(30)18-21-39-34/h5-8,10-16,18,21,28-29,31-32,40H,2-4,9,17,19-20,22-25H2,1H3,(H,41,44)(H,42,46)/t28-,29-,31+,32+,38-/m1/s1. The van der Waals surface area contributed by atoms with Crippen LogP contribution in [0.2, 0.25) is 0 Å². The summed E-state index contributed by atoms with van der Waals surface area (Å²) < 4.78 is 34.0. The number of ether oxygens (including phenoxy) is 1. The van der Waals surface area contributed by atoms with Crippen LogP contribution in [0.3, 0.4) is 0 Å². The summed E-state index contributed by atoms with van der Waals surface area (Å²) >= 11 is 0. The molecule has 4 aliphatic rings. The van der Waals surface area contributed by atoms with Crippen molar-refractivity contribution in [2.24, 2.45) is 5.92 Å². The Morgan fingerprint density at radius 2 is 1.82 bits per heavy atom. The zero-order valence-corrected chi connectivity index (χ0v) is 29.2. The van der Waals surface area contributed by atoms with Crippen molar-refractivity contribution in [2.75, 3.05) is 6.54 Å². The van der Waals surface area contributed by atoms with Gasteiger partial charge in [-0.3, -0.25) is 19.1 Å². The molecule has 3 amide bonds. The summed E-state index contributed by atoms with van der Waals surface area (Å²) in [6.45, 7) is 2.26. The number of pyridine rings is 1. The summed E-state index contributed by atoms with van der Waals surface area (Å²) in [5, 5.41) is 8.21. The highest BCUT2D eigenvalue weighted by atomic mass is 32.2. The van der Waals surface area contributed by atoms with Crippen LogP contribution in [-0.4, -0.2) is 71.0 Å². The predicted octanol–water partition coefficient (Wildman–Crippen LogP) is 4.14. The van der Waals surface area contributed by atoms with Crippen molar-refractivity contribution in [1.29, 1.82) is 0 Å². The molecule has 264 valence electrons. The number of fused-ring (bicyclic) bond motifs is 3. The third-order valence-corrected chi connectivity index (χ3v) is 12.9. The molecule has 2 saturated carbocycles. The van der Waals surface area contributed by atoms with Crippen molar-refractivity contribution in [1.82, 2.24) is 25.2 Å². The number of aromatic nitrogens is 1. The average molecular weight is 700 g/mol. The summed E-state index contributed by atoms with van der Waals surface area (Å²) in [7, 11) is -3.93. The van der Waals surface area contributed by atoms with Crippen molar-refractivity contribution >= 4 is 38.5 Å². The molecule has 3 fully saturated rings. The number of rotatable bonds is 8. The average Bonchev–Trinajstić information content (AvgIpc) is 3.99. The molecule has 12 heteroatoms. The minimum absolute atomic E-state index is 0.153. The fourth-order valence-corrected chi connectivity index (χ4v) is 8.49. The fourth-order valence-electron chi connectivity index (χ4n) is 7.18. The molecule has 0 unspecified atom stereocenters. The van der Waals surface area contributed by atoms with Crippen LogP contribution < -0.4 is 20.1 Å². The number of nitrogens with zero attached hydrogens (tertiary/aromatic N) is 2. The molecule has 0 spiro atoms. The van der Waals surface area contributed by atoms with Gasteiger partial charge >= 0.3 is 0 Å². The maximum Gasteiger partial charge on any atom is 0.259 e. The number of carbonyl (C=O) groups excluding carboxylic acids is 3. The van der Waals surface area contributed by atoms with Crippen LogP contribution in [0.15, 0.2) is 79.0 Å². The zero-order valence-electron chi connectivity index (χ0n) is 28.3. The maximum absolute atomic E-state index is 14.5. The zero-order chi connectivity index (χ0) is 34.9. The lowest BCUT2D eigenvalue weighted by Gasteiger charge is -2.30. The van der Waals surface area contributed by atoms with Gasteiger partial charge in [0.15, 0.2) is 0 Å². The van der Waals surface area contributed by atoms with E-state index in [9.17, 15) is 22.8 Å². The van der Waals surface area contributed by atoms with E-state index in [0.717, 1.165) is 42.0 Å². The van der Waals surface area contributed by atoms with Gasteiger partial charge in [0, 0.05) is 30.5 Å². The number of amides is 3. The van der Waals surface area contributed by atoms with Crippen LogP contribution in [0.4, 0.5) is 0 Å². The molecule has 0 radical (unpaired) electrons. The molecule has 1 aromatic heterocycles. The molecule has 2 aliphatic carbocycles. The van der Waals surface area contributed by atoms with Gasteiger partial charge in [0.2, 0.25) is 27.7 Å². The number of hydrogen-bond acceptors (Lipinski definition) is 8. The quantitative estimate of drug-likeness (QED) is 0.298. The lowest BCUT2D eigenvalue weighted by molar-refractivity contribution is -0.141. The molecule has 11 nitrogen and oxygen atoms in total. The minimum atomic E-state index is -3.93. The van der Waals surface area contributed by atoms with Crippen molar-refractivity contribution in [2.45, 2.75) is 99.7 Å². The van der Waals surface area contributed by atoms with Crippen molar-refractivity contribution < 1.29 is 27.5 Å². The maximum atomic E-state index is 14.5. The molecule has 3 aromatic rings. The highest BCUT2D eigenvalue weighted by Crippen LogP contribution is 2.47. The first-order chi connectivity index (χ1) is 24.1. The van der Waals surface area contributed by atoms with Gasteiger partial charge in [-0.05, 0) is 68.5 Å². The Hall–Kier alpha value is -4.29. The number of benzene rings is 2. The first-order valence-electron chi connectivity index (χ1n) is 17.7. The Kier molecular flexibility index (Phi) is 9.42. The number of allylic oxidation sites excluding steroid dienone is 1. The molecule has 2 aliphatic heterocycles. The third-order valence-electron chi connectivity index (χ3n) is 10.8. The molecule has 3 N–H and O–H groups in total. The molecule has 50 heavy (non-hydrogen) atoms. The molecule has 2 aromatic carbocycles. The van der Waals surface area contributed by atoms with E-state index in [-0.39, 0.29) is 31.2 Å². The first kappa shape index (κ1) is 34.2. The highest BCUT2D eigenvalue weighted by Gasteiger charge is 2.63. The lowest BCUT2D eigenvalue weighted by atomic mass is 10.0. The van der Waals surface area contributed by atoms with Gasteiger partial charge in [-0.1, -0.05) is 73.5 Å². The second-order valence-electron chi connectivity index (χ2n) is 14.5. The Bertz CT molecular complexity index is 1890. The summed E-state index contributed by atoms with van der Waals surface area (Å²) in [5.74, 6) is -1.39. The van der Waals surface area contributed by atoms with Crippen molar-refractivity contribution in [3.05, 3.63) is 84.6 Å². The molecule has 5 atom stereocenters. The second-order valence-corrected chi connectivity index (χ2v) is 16.7. The van der Waals surface area contributed by atoms with Crippen molar-refractivity contribution in [3.63, 3.8) is 0 Å². The number of hydrogen-bond donors (Lipinski definition) is 3. The van der Waals surface area contributed by atoms with Crippen LogP contribution >= 0.6 is 0 Å². The lowest BCUT2D eigenvalue weighted by Crippen LogP contribution is -2.58. The Morgan fingerprint density at radius 3 is 2.62 bits per heavy atom. The van der Waals surface area contributed by atoms with Crippen LogP contribution in [0.1, 0.15) is 70.3 Å². The van der Waals surface area contributed by atoms with Gasteiger partial charge in [0.05, 0.1) is 17.3 Å². The van der Waals surface area contributed by atoms with E-state index < -0.39 is 50.3 Å². The van der Waals surface area contributed by atoms with Gasteiger partial charge in [-0.2, -0.15) is 0 Å². The van der Waals surface area contributed by atoms with E-state index in [2.05, 4.69) is 20.3 Å². The Balaban J connectivity index is 1.18. The largest absolute Gasteiger partial charge is 0.472 e. The van der Waals surface area contributed by atoms with Crippen molar-refractivity contribution in [3.8, 4) is 5.88 Å². The molecule has 1 saturated heterocycles. The Morgan fingerprint density at radius 1 is 1.04 bits per heavy atom.